The Morgan fingerprint density at radius 3 is 2.68 bits per heavy atom. The van der Waals surface area contributed by atoms with Crippen molar-refractivity contribution < 1.29 is 0 Å². The molecule has 1 aliphatic rings. The van der Waals surface area contributed by atoms with E-state index in [1.165, 1.54) is 0 Å². The number of nitrogens with zero attached hydrogens (tertiary/aromatic N) is 5. The van der Waals surface area contributed by atoms with Crippen LogP contribution in [0.25, 0.3) is 0 Å². The molecule has 2 aromatic rings. The van der Waals surface area contributed by atoms with Crippen LogP contribution in [-0.4, -0.2) is 31.9 Å². The quantitative estimate of drug-likeness (QED) is 0.916. The minimum atomic E-state index is 0.118. The van der Waals surface area contributed by atoms with Crippen LogP contribution in [0, 0.1) is 6.92 Å². The molecule has 3 rings (SSSR count). The topological polar surface area (TPSA) is 58.3 Å². The number of thioether (sulfide) groups is 1. The SMILES string of the molecule is CCSC1NN=C(Cc2nc(C)n(C)n2)N1c1ccccc1. The van der Waals surface area contributed by atoms with Gasteiger partial charge in [-0.2, -0.15) is 10.2 Å². The molecule has 1 atom stereocenters. The lowest BCUT2D eigenvalue weighted by Crippen LogP contribution is -2.39. The second-order valence-corrected chi connectivity index (χ2v) is 6.40. The largest absolute Gasteiger partial charge is 0.297 e. The predicted molar refractivity (Wildman–Crippen MR) is 90.9 cm³/mol. The highest BCUT2D eigenvalue weighted by molar-refractivity contribution is 7.99. The van der Waals surface area contributed by atoms with Gasteiger partial charge in [0.1, 0.15) is 11.7 Å². The van der Waals surface area contributed by atoms with Crippen molar-refractivity contribution in [2.45, 2.75) is 25.8 Å². The van der Waals surface area contributed by atoms with Gasteiger partial charge in [0, 0.05) is 12.7 Å². The molecule has 2 heterocycles. The molecule has 1 aliphatic heterocycles. The number of hydrogen-bond acceptors (Lipinski definition) is 6. The van der Waals surface area contributed by atoms with Crippen molar-refractivity contribution in [1.29, 1.82) is 0 Å². The molecule has 0 fully saturated rings. The first-order valence-electron chi connectivity index (χ1n) is 7.33. The highest BCUT2D eigenvalue weighted by atomic mass is 32.2. The minimum absolute atomic E-state index is 0.118. The van der Waals surface area contributed by atoms with Crippen LogP contribution >= 0.6 is 11.8 Å². The molecule has 1 aromatic carbocycles. The van der Waals surface area contributed by atoms with Crippen molar-refractivity contribution in [3.63, 3.8) is 0 Å². The summed E-state index contributed by atoms with van der Waals surface area (Å²) in [4.78, 5) is 6.70. The van der Waals surface area contributed by atoms with Crippen molar-refractivity contribution in [3.8, 4) is 0 Å². The molecule has 1 aromatic heterocycles. The van der Waals surface area contributed by atoms with Gasteiger partial charge in [0.15, 0.2) is 11.3 Å². The van der Waals surface area contributed by atoms with Crippen LogP contribution in [-0.2, 0) is 13.5 Å². The number of aromatic nitrogens is 3. The van der Waals surface area contributed by atoms with Gasteiger partial charge in [0.05, 0.1) is 6.42 Å². The second kappa shape index (κ2) is 6.39. The van der Waals surface area contributed by atoms with Crippen molar-refractivity contribution in [1.82, 2.24) is 20.2 Å². The first-order chi connectivity index (χ1) is 10.7. The maximum atomic E-state index is 4.51. The van der Waals surface area contributed by atoms with Crippen LogP contribution in [0.3, 0.4) is 0 Å². The van der Waals surface area contributed by atoms with Crippen molar-refractivity contribution in [3.05, 3.63) is 42.0 Å². The number of aryl methyl sites for hydroxylation is 2. The van der Waals surface area contributed by atoms with Crippen molar-refractivity contribution in [2.75, 3.05) is 10.7 Å². The average Bonchev–Trinajstić information content (AvgIpc) is 3.05. The molecule has 0 saturated carbocycles. The Kier molecular flexibility index (Phi) is 4.33. The van der Waals surface area contributed by atoms with Crippen LogP contribution in [0.5, 0.6) is 0 Å². The van der Waals surface area contributed by atoms with E-state index < -0.39 is 0 Å². The third kappa shape index (κ3) is 2.94. The summed E-state index contributed by atoms with van der Waals surface area (Å²) in [6.45, 7) is 4.10. The Morgan fingerprint density at radius 2 is 2.05 bits per heavy atom. The van der Waals surface area contributed by atoms with E-state index in [1.807, 2.05) is 43.9 Å². The van der Waals surface area contributed by atoms with Crippen molar-refractivity contribution in [2.24, 2.45) is 12.1 Å². The zero-order chi connectivity index (χ0) is 15.5. The molecule has 0 spiro atoms. The molecule has 0 aliphatic carbocycles. The van der Waals surface area contributed by atoms with Gasteiger partial charge in [-0.15, -0.1) is 11.8 Å². The van der Waals surface area contributed by atoms with Gasteiger partial charge in [-0.3, -0.25) is 15.0 Å². The van der Waals surface area contributed by atoms with Gasteiger partial charge in [-0.25, -0.2) is 4.98 Å². The predicted octanol–water partition coefficient (Wildman–Crippen LogP) is 2.13. The Morgan fingerprint density at radius 1 is 1.27 bits per heavy atom. The fourth-order valence-electron chi connectivity index (χ4n) is 2.39. The first-order valence-corrected chi connectivity index (χ1v) is 8.38. The number of hydrazone groups is 1. The lowest BCUT2D eigenvalue weighted by atomic mass is 10.2. The van der Waals surface area contributed by atoms with E-state index in [-0.39, 0.29) is 5.50 Å². The number of rotatable bonds is 5. The standard InChI is InChI=1S/C15H20N6S/c1-4-22-15-18-17-14(10-13-16-11(2)20(3)19-13)21(15)12-8-6-5-7-9-12/h5-9,15,18H,4,10H2,1-3H3. The van der Waals surface area contributed by atoms with Crippen molar-refractivity contribution >= 4 is 23.3 Å². The highest BCUT2D eigenvalue weighted by Crippen LogP contribution is 2.26. The summed E-state index contributed by atoms with van der Waals surface area (Å²) in [5, 5.41) is 8.95. The van der Waals surface area contributed by atoms with Gasteiger partial charge in [0.25, 0.3) is 0 Å². The Balaban J connectivity index is 1.85. The molecule has 22 heavy (non-hydrogen) atoms. The van der Waals surface area contributed by atoms with Gasteiger partial charge in [0.2, 0.25) is 0 Å². The van der Waals surface area contributed by atoms with Crippen LogP contribution < -0.4 is 10.3 Å². The molecule has 6 nitrogen and oxygen atoms in total. The van der Waals surface area contributed by atoms with Crippen LogP contribution in [0.15, 0.2) is 35.4 Å². The van der Waals surface area contributed by atoms with Crippen LogP contribution in [0.2, 0.25) is 0 Å². The van der Waals surface area contributed by atoms with E-state index in [9.17, 15) is 0 Å². The fourth-order valence-corrected chi connectivity index (χ4v) is 3.22. The molecule has 116 valence electrons. The monoisotopic (exact) mass is 316 g/mol. The summed E-state index contributed by atoms with van der Waals surface area (Å²) in [6.07, 6.45) is 0.615. The van der Waals surface area contributed by atoms with Crippen LogP contribution in [0.4, 0.5) is 5.69 Å². The van der Waals surface area contributed by atoms with Gasteiger partial charge in [-0.05, 0) is 24.8 Å². The van der Waals surface area contributed by atoms with E-state index in [2.05, 4.69) is 44.6 Å². The zero-order valence-electron chi connectivity index (χ0n) is 13.0. The number of nitrogens with one attached hydrogen (secondary N) is 1. The maximum Gasteiger partial charge on any atom is 0.168 e. The molecule has 0 saturated heterocycles. The van der Waals surface area contributed by atoms with E-state index >= 15 is 0 Å². The van der Waals surface area contributed by atoms with Gasteiger partial charge in [-0.1, -0.05) is 25.1 Å². The molecule has 0 radical (unpaired) electrons. The lowest BCUT2D eigenvalue weighted by molar-refractivity contribution is 0.725. The third-order valence-corrected chi connectivity index (χ3v) is 4.48. The minimum Gasteiger partial charge on any atom is -0.297 e. The van der Waals surface area contributed by atoms with E-state index in [0.29, 0.717) is 6.42 Å². The maximum absolute atomic E-state index is 4.51. The summed E-state index contributed by atoms with van der Waals surface area (Å²) >= 11 is 1.82. The number of anilines is 1. The molecule has 0 bridgehead atoms. The van der Waals surface area contributed by atoms with E-state index in [4.69, 9.17) is 0 Å². The number of benzene rings is 1. The Labute approximate surface area is 134 Å². The van der Waals surface area contributed by atoms with Crippen LogP contribution in [0.1, 0.15) is 18.6 Å². The Bertz CT molecular complexity index is 646. The van der Waals surface area contributed by atoms with E-state index in [1.54, 1.807) is 4.68 Å². The van der Waals surface area contributed by atoms with E-state index in [0.717, 1.165) is 28.9 Å². The number of para-hydroxylation sites is 1. The molecule has 1 unspecified atom stereocenters. The third-order valence-electron chi connectivity index (χ3n) is 3.52. The number of hydrogen-bond donors (Lipinski definition) is 1. The summed E-state index contributed by atoms with van der Waals surface area (Å²) in [5.74, 6) is 3.67. The fraction of sp³-hybridized carbons (Fsp3) is 0.400. The summed E-state index contributed by atoms with van der Waals surface area (Å²) in [5.41, 5.74) is 4.46. The average molecular weight is 316 g/mol. The summed E-state index contributed by atoms with van der Waals surface area (Å²) in [7, 11) is 1.91. The molecule has 0 amide bonds. The molecule has 7 heteroatoms. The van der Waals surface area contributed by atoms with Gasteiger partial charge >= 0.3 is 0 Å². The highest BCUT2D eigenvalue weighted by Gasteiger charge is 2.29. The number of amidine groups is 1. The lowest BCUT2D eigenvalue weighted by Gasteiger charge is -2.26. The molecular weight excluding hydrogens is 296 g/mol. The first kappa shape index (κ1) is 14.9. The molecular formula is C15H20N6S. The second-order valence-electron chi connectivity index (χ2n) is 5.05. The Hall–Kier alpha value is -2.02. The van der Waals surface area contributed by atoms with Gasteiger partial charge < -0.3 is 0 Å². The smallest absolute Gasteiger partial charge is 0.168 e. The zero-order valence-corrected chi connectivity index (χ0v) is 13.8. The summed E-state index contributed by atoms with van der Waals surface area (Å²) < 4.78 is 1.80. The summed E-state index contributed by atoms with van der Waals surface area (Å²) in [6, 6.07) is 10.3. The molecule has 1 N–H and O–H groups in total. The normalized spacial score (nSPS) is 17.5.